The molecule has 19 heavy (non-hydrogen) atoms. The molecule has 112 valence electrons. The van der Waals surface area contributed by atoms with Crippen LogP contribution in [-0.4, -0.2) is 25.2 Å². The number of halogens is 3. The first-order valence-corrected chi connectivity index (χ1v) is 9.30. The lowest BCUT2D eigenvalue weighted by molar-refractivity contribution is -0.142. The molecule has 0 aromatic heterocycles. The van der Waals surface area contributed by atoms with E-state index in [0.717, 1.165) is 25.7 Å². The van der Waals surface area contributed by atoms with E-state index in [2.05, 4.69) is 59.6 Å². The van der Waals surface area contributed by atoms with Gasteiger partial charge in [-0.15, -0.1) is 11.6 Å². The second kappa shape index (κ2) is 4.86. The molecular formula is C15H25Br2ClO. The van der Waals surface area contributed by atoms with Crippen LogP contribution in [0.5, 0.6) is 0 Å². The highest BCUT2D eigenvalue weighted by Gasteiger charge is 2.63. The molecule has 1 N–H and O–H groups in total. The van der Waals surface area contributed by atoms with Gasteiger partial charge in [0.25, 0.3) is 0 Å². The predicted octanol–water partition coefficient (Wildman–Crippen LogP) is 5.25. The molecule has 0 spiro atoms. The van der Waals surface area contributed by atoms with Gasteiger partial charge in [-0.1, -0.05) is 52.6 Å². The fraction of sp³-hybridized carbons (Fsp3) is 1.00. The maximum Gasteiger partial charge on any atom is 0.0721 e. The Bertz CT molecular complexity index is 371. The third-order valence-electron chi connectivity index (χ3n) is 6.33. The van der Waals surface area contributed by atoms with Gasteiger partial charge in [-0.25, -0.2) is 0 Å². The smallest absolute Gasteiger partial charge is 0.0721 e. The molecule has 0 radical (unpaired) electrons. The second-order valence-electron chi connectivity index (χ2n) is 7.54. The molecular weight excluding hydrogens is 391 g/mol. The lowest BCUT2D eigenvalue weighted by atomic mass is 9.55. The molecule has 0 heterocycles. The zero-order valence-corrected chi connectivity index (χ0v) is 16.2. The van der Waals surface area contributed by atoms with Gasteiger partial charge < -0.3 is 5.11 Å². The zero-order chi connectivity index (χ0) is 14.7. The van der Waals surface area contributed by atoms with Crippen LogP contribution in [0.4, 0.5) is 0 Å². The average Bonchev–Trinajstić information content (AvgIpc) is 2.50. The summed E-state index contributed by atoms with van der Waals surface area (Å²) in [7, 11) is 0. The molecule has 2 rings (SSSR count). The maximum absolute atomic E-state index is 11.4. The maximum atomic E-state index is 11.4. The molecule has 2 fully saturated rings. The van der Waals surface area contributed by atoms with Gasteiger partial charge >= 0.3 is 0 Å². The molecule has 0 aromatic rings. The number of hydrogen-bond donors (Lipinski definition) is 1. The van der Waals surface area contributed by atoms with Crippen LogP contribution in [0.15, 0.2) is 0 Å². The number of hydrogen-bond acceptors (Lipinski definition) is 1. The topological polar surface area (TPSA) is 20.2 Å². The van der Waals surface area contributed by atoms with E-state index >= 15 is 0 Å². The molecule has 0 saturated heterocycles. The monoisotopic (exact) mass is 414 g/mol. The Morgan fingerprint density at radius 2 is 1.68 bits per heavy atom. The van der Waals surface area contributed by atoms with Crippen molar-refractivity contribution in [2.45, 2.75) is 79.9 Å². The molecule has 0 aliphatic heterocycles. The van der Waals surface area contributed by atoms with Gasteiger partial charge in [-0.05, 0) is 44.4 Å². The minimum Gasteiger partial charge on any atom is -0.389 e. The van der Waals surface area contributed by atoms with Crippen LogP contribution in [0.25, 0.3) is 0 Å². The van der Waals surface area contributed by atoms with Gasteiger partial charge in [-0.3, -0.25) is 0 Å². The molecule has 5 atom stereocenters. The van der Waals surface area contributed by atoms with Crippen LogP contribution < -0.4 is 0 Å². The van der Waals surface area contributed by atoms with Gasteiger partial charge in [0.15, 0.2) is 0 Å². The van der Waals surface area contributed by atoms with Gasteiger partial charge in [0.1, 0.15) is 0 Å². The quantitative estimate of drug-likeness (QED) is 0.579. The Morgan fingerprint density at radius 3 is 2.11 bits per heavy atom. The van der Waals surface area contributed by atoms with Gasteiger partial charge in [-0.2, -0.15) is 0 Å². The Morgan fingerprint density at radius 1 is 1.11 bits per heavy atom. The Hall–Kier alpha value is 1.21. The number of rotatable bonds is 1. The molecule has 1 nitrogen and oxygen atoms in total. The molecule has 2 aliphatic carbocycles. The summed E-state index contributed by atoms with van der Waals surface area (Å²) >= 11 is 14.1. The summed E-state index contributed by atoms with van der Waals surface area (Å²) in [5.41, 5.74) is -0.651. The van der Waals surface area contributed by atoms with E-state index in [0.29, 0.717) is 11.2 Å². The average molecular weight is 417 g/mol. The molecule has 0 bridgehead atoms. The van der Waals surface area contributed by atoms with E-state index in [9.17, 15) is 5.11 Å². The molecule has 2 saturated carbocycles. The van der Waals surface area contributed by atoms with Crippen molar-refractivity contribution in [2.75, 3.05) is 0 Å². The summed E-state index contributed by atoms with van der Waals surface area (Å²) in [6.45, 7) is 8.96. The summed E-state index contributed by atoms with van der Waals surface area (Å²) in [5, 5.41) is 11.3. The van der Waals surface area contributed by atoms with Crippen LogP contribution in [0, 0.1) is 10.8 Å². The third-order valence-corrected chi connectivity index (χ3v) is 9.78. The van der Waals surface area contributed by atoms with Crippen LogP contribution in [0.1, 0.15) is 59.8 Å². The largest absolute Gasteiger partial charge is 0.389 e. The van der Waals surface area contributed by atoms with Gasteiger partial charge in [0.2, 0.25) is 0 Å². The minimum atomic E-state index is -0.654. The highest BCUT2D eigenvalue weighted by atomic mass is 79.9. The van der Waals surface area contributed by atoms with E-state index < -0.39 is 5.60 Å². The lowest BCUT2D eigenvalue weighted by Crippen LogP contribution is -2.58. The molecule has 0 amide bonds. The standard InChI is InChI=1S/C15H25Br2ClO/c1-12(2)10(16)5-6-14(12,4)15(19)8-7-13(3,17)11(18)9-15/h10-11,19H,5-9H2,1-4H3/t10-,11-,13-,14+,15+/m1/s1. The summed E-state index contributed by atoms with van der Waals surface area (Å²) in [6.07, 6.45) is 4.63. The second-order valence-corrected chi connectivity index (χ2v) is 11.0. The fourth-order valence-electron chi connectivity index (χ4n) is 4.00. The molecule has 0 aromatic carbocycles. The highest BCUT2D eigenvalue weighted by molar-refractivity contribution is 9.10. The number of alkyl halides is 3. The van der Waals surface area contributed by atoms with Crippen LogP contribution in [-0.2, 0) is 0 Å². The van der Waals surface area contributed by atoms with Crippen molar-refractivity contribution in [3.63, 3.8) is 0 Å². The van der Waals surface area contributed by atoms with Crippen molar-refractivity contribution in [2.24, 2.45) is 10.8 Å². The molecule has 4 heteroatoms. The van der Waals surface area contributed by atoms with Crippen molar-refractivity contribution in [1.82, 2.24) is 0 Å². The minimum absolute atomic E-state index is 0.0201. The van der Waals surface area contributed by atoms with Crippen molar-refractivity contribution in [1.29, 1.82) is 0 Å². The Balaban J connectivity index is 2.31. The van der Waals surface area contributed by atoms with Gasteiger partial charge in [0, 0.05) is 14.6 Å². The van der Waals surface area contributed by atoms with Crippen molar-refractivity contribution in [3.8, 4) is 0 Å². The molecule has 2 aliphatic rings. The van der Waals surface area contributed by atoms with Crippen LogP contribution in [0.2, 0.25) is 0 Å². The van der Waals surface area contributed by atoms with Crippen LogP contribution in [0.3, 0.4) is 0 Å². The number of aliphatic hydroxyl groups is 1. The summed E-state index contributed by atoms with van der Waals surface area (Å²) in [6, 6.07) is 0. The van der Waals surface area contributed by atoms with E-state index in [1.165, 1.54) is 0 Å². The Kier molecular flexibility index (Phi) is 4.24. The Labute approximate surface area is 139 Å². The molecule has 0 unspecified atom stereocenters. The first kappa shape index (κ1) is 16.6. The first-order chi connectivity index (χ1) is 8.46. The van der Waals surface area contributed by atoms with Crippen molar-refractivity contribution < 1.29 is 5.11 Å². The summed E-state index contributed by atoms with van der Waals surface area (Å²) in [4.78, 5) is 0.472. The summed E-state index contributed by atoms with van der Waals surface area (Å²) in [5.74, 6) is 0. The predicted molar refractivity (Wildman–Crippen MR) is 89.6 cm³/mol. The van der Waals surface area contributed by atoms with Crippen molar-refractivity contribution >= 4 is 43.5 Å². The zero-order valence-electron chi connectivity index (χ0n) is 12.3. The van der Waals surface area contributed by atoms with E-state index in [1.807, 2.05) is 0 Å². The first-order valence-electron chi connectivity index (χ1n) is 7.16. The fourth-order valence-corrected chi connectivity index (χ4v) is 5.46. The van der Waals surface area contributed by atoms with E-state index in [1.54, 1.807) is 0 Å². The summed E-state index contributed by atoms with van der Waals surface area (Å²) < 4.78 is -0.0479. The highest BCUT2D eigenvalue weighted by Crippen LogP contribution is 2.64. The van der Waals surface area contributed by atoms with Crippen molar-refractivity contribution in [3.05, 3.63) is 0 Å². The normalized spacial score (nSPS) is 54.3. The van der Waals surface area contributed by atoms with Gasteiger partial charge in [0.05, 0.1) is 11.0 Å². The SMILES string of the molecule is CC1(C)[C@H](Br)CC[C@]1(C)[C@]1(O)CC[C@@](C)(Br)[C@H](Cl)C1. The lowest BCUT2D eigenvalue weighted by Gasteiger charge is -2.56. The van der Waals surface area contributed by atoms with E-state index in [-0.39, 0.29) is 20.5 Å². The van der Waals surface area contributed by atoms with Crippen LogP contribution >= 0.6 is 43.5 Å². The van der Waals surface area contributed by atoms with E-state index in [4.69, 9.17) is 11.6 Å². The third kappa shape index (κ3) is 2.35.